The molecule has 2 fully saturated rings. The van der Waals surface area contributed by atoms with Gasteiger partial charge in [-0.15, -0.1) is 0 Å². The molecule has 1 aliphatic heterocycles. The van der Waals surface area contributed by atoms with Crippen molar-refractivity contribution in [1.82, 2.24) is 14.9 Å². The fourth-order valence-corrected chi connectivity index (χ4v) is 3.34. The molecule has 154 valence electrons. The van der Waals surface area contributed by atoms with E-state index < -0.39 is 17.6 Å². The van der Waals surface area contributed by atoms with E-state index >= 15 is 0 Å². The normalized spacial score (nSPS) is 19.7. The summed E-state index contributed by atoms with van der Waals surface area (Å²) in [6.07, 6.45) is 4.24. The Hall–Kier alpha value is -2.97. The van der Waals surface area contributed by atoms with Gasteiger partial charge in [0, 0.05) is 31.8 Å². The number of amides is 2. The molecule has 2 aliphatic carbocycles. The highest BCUT2D eigenvalue weighted by atomic mass is 19.3. The van der Waals surface area contributed by atoms with Crippen molar-refractivity contribution in [3.8, 4) is 0 Å². The van der Waals surface area contributed by atoms with Crippen LogP contribution in [0.4, 0.5) is 19.1 Å². The summed E-state index contributed by atoms with van der Waals surface area (Å²) >= 11 is 0. The summed E-state index contributed by atoms with van der Waals surface area (Å²) in [6, 6.07) is 7.60. The third-order valence-electron chi connectivity index (χ3n) is 5.20. The highest BCUT2D eigenvalue weighted by molar-refractivity contribution is 6.01. The molecular formula is C20H21F3N4O2. The first-order valence-corrected chi connectivity index (χ1v) is 9.32. The molecule has 2 amide bonds. The van der Waals surface area contributed by atoms with Gasteiger partial charge in [-0.3, -0.25) is 14.9 Å². The van der Waals surface area contributed by atoms with E-state index in [9.17, 15) is 22.8 Å². The summed E-state index contributed by atoms with van der Waals surface area (Å²) in [6.45, 7) is 0.468. The highest BCUT2D eigenvalue weighted by Gasteiger charge is 2.51. The first-order valence-electron chi connectivity index (χ1n) is 9.32. The molecular weight excluding hydrogens is 385 g/mol. The number of aromatic nitrogens is 2. The molecule has 1 spiro atoms. The van der Waals surface area contributed by atoms with Crippen LogP contribution in [0.25, 0.3) is 0 Å². The average molecular weight is 406 g/mol. The van der Waals surface area contributed by atoms with Crippen LogP contribution in [0.15, 0.2) is 36.7 Å². The predicted octanol–water partition coefficient (Wildman–Crippen LogP) is 3.40. The molecule has 29 heavy (non-hydrogen) atoms. The van der Waals surface area contributed by atoms with Gasteiger partial charge in [-0.05, 0) is 24.5 Å². The molecule has 6 nitrogen and oxygen atoms in total. The van der Waals surface area contributed by atoms with E-state index in [1.54, 1.807) is 4.90 Å². The Labute approximate surface area is 166 Å². The van der Waals surface area contributed by atoms with Gasteiger partial charge in [-0.1, -0.05) is 18.2 Å². The Balaban J connectivity index is 0.000000376. The number of alkyl halides is 2. The largest absolute Gasteiger partial charge is 0.328 e. The lowest BCUT2D eigenvalue weighted by molar-refractivity contribution is -0.117. The average Bonchev–Trinajstić information content (AvgIpc) is 3.61. The Morgan fingerprint density at radius 1 is 1.14 bits per heavy atom. The van der Waals surface area contributed by atoms with Crippen LogP contribution in [0.2, 0.25) is 0 Å². The SMILES string of the molecule is FC1(F)CC1.O=C(CN1CC2(CC2)c2ccccc2C1=O)Nc1ncc(F)cn1.[HH]. The van der Waals surface area contributed by atoms with Gasteiger partial charge in [0.15, 0.2) is 5.82 Å². The van der Waals surface area contributed by atoms with Crippen LogP contribution < -0.4 is 5.32 Å². The summed E-state index contributed by atoms with van der Waals surface area (Å²) in [5.41, 5.74) is 1.76. The lowest BCUT2D eigenvalue weighted by Gasteiger charge is -2.34. The fourth-order valence-electron chi connectivity index (χ4n) is 3.34. The van der Waals surface area contributed by atoms with Crippen molar-refractivity contribution >= 4 is 17.8 Å². The van der Waals surface area contributed by atoms with Crippen LogP contribution in [0, 0.1) is 5.82 Å². The molecule has 0 bridgehead atoms. The maximum Gasteiger partial charge on any atom is 0.254 e. The monoisotopic (exact) mass is 406 g/mol. The molecule has 0 unspecified atom stereocenters. The smallest absolute Gasteiger partial charge is 0.254 e. The number of hydrogen-bond acceptors (Lipinski definition) is 4. The molecule has 2 aromatic rings. The van der Waals surface area contributed by atoms with Crippen LogP contribution in [0.1, 0.15) is 43.0 Å². The molecule has 2 heterocycles. The van der Waals surface area contributed by atoms with Crippen LogP contribution >= 0.6 is 0 Å². The van der Waals surface area contributed by atoms with E-state index in [1.165, 1.54) is 0 Å². The number of fused-ring (bicyclic) bond motifs is 2. The number of anilines is 1. The highest BCUT2D eigenvalue weighted by Crippen LogP contribution is 2.52. The molecule has 0 atom stereocenters. The number of hydrogen-bond donors (Lipinski definition) is 1. The topological polar surface area (TPSA) is 75.2 Å². The van der Waals surface area contributed by atoms with E-state index in [-0.39, 0.29) is 38.1 Å². The van der Waals surface area contributed by atoms with Gasteiger partial charge in [0.05, 0.1) is 12.4 Å². The number of carbonyl (C=O) groups is 2. The van der Waals surface area contributed by atoms with Gasteiger partial charge >= 0.3 is 0 Å². The Kier molecular flexibility index (Phi) is 4.76. The first kappa shape index (κ1) is 19.4. The number of halogens is 3. The molecule has 9 heteroatoms. The van der Waals surface area contributed by atoms with Crippen LogP contribution in [0.3, 0.4) is 0 Å². The van der Waals surface area contributed by atoms with Crippen molar-refractivity contribution in [3.05, 3.63) is 53.6 Å². The Morgan fingerprint density at radius 2 is 1.76 bits per heavy atom. The maximum absolute atomic E-state index is 12.8. The summed E-state index contributed by atoms with van der Waals surface area (Å²) in [7, 11) is 0. The molecule has 2 saturated carbocycles. The zero-order valence-electron chi connectivity index (χ0n) is 15.5. The first-order chi connectivity index (χ1) is 13.8. The summed E-state index contributed by atoms with van der Waals surface area (Å²) in [5, 5.41) is 2.49. The second kappa shape index (κ2) is 7.13. The molecule has 1 aromatic carbocycles. The zero-order chi connectivity index (χ0) is 20.6. The number of nitrogens with one attached hydrogen (secondary N) is 1. The van der Waals surface area contributed by atoms with E-state index in [4.69, 9.17) is 0 Å². The zero-order valence-corrected chi connectivity index (χ0v) is 15.5. The second-order valence-electron chi connectivity index (χ2n) is 7.62. The Morgan fingerprint density at radius 3 is 2.34 bits per heavy atom. The number of benzene rings is 1. The molecule has 0 radical (unpaired) electrons. The van der Waals surface area contributed by atoms with Crippen molar-refractivity contribution in [2.75, 3.05) is 18.4 Å². The summed E-state index contributed by atoms with van der Waals surface area (Å²) in [5.74, 6) is -3.35. The van der Waals surface area contributed by atoms with Crippen molar-refractivity contribution in [2.24, 2.45) is 0 Å². The standard InChI is InChI=1S/C17H15FN4O2.C3H4F2.H2/c18-11-7-19-16(20-8-11)21-14(23)9-22-10-17(5-6-17)13-4-2-1-3-12(13)15(22)24;4-3(5)1-2-3;/h1-4,7-8H,5-6,9-10H2,(H,19,20,21,23);1-2H2;1H. The van der Waals surface area contributed by atoms with Crippen molar-refractivity contribution in [2.45, 2.75) is 37.0 Å². The van der Waals surface area contributed by atoms with Crippen molar-refractivity contribution in [3.63, 3.8) is 0 Å². The van der Waals surface area contributed by atoms with Gasteiger partial charge in [0.2, 0.25) is 17.8 Å². The van der Waals surface area contributed by atoms with Gasteiger partial charge in [-0.2, -0.15) is 0 Å². The van der Waals surface area contributed by atoms with E-state index in [0.29, 0.717) is 12.1 Å². The fraction of sp³-hybridized carbons (Fsp3) is 0.400. The quantitative estimate of drug-likeness (QED) is 0.848. The van der Waals surface area contributed by atoms with Gasteiger partial charge < -0.3 is 4.90 Å². The lowest BCUT2D eigenvalue weighted by Crippen LogP contribution is -2.46. The van der Waals surface area contributed by atoms with E-state index in [0.717, 1.165) is 30.8 Å². The summed E-state index contributed by atoms with van der Waals surface area (Å²) in [4.78, 5) is 33.7. The summed E-state index contributed by atoms with van der Waals surface area (Å²) < 4.78 is 35.1. The number of rotatable bonds is 3. The molecule has 3 aliphatic rings. The lowest BCUT2D eigenvalue weighted by atomic mass is 9.86. The van der Waals surface area contributed by atoms with Gasteiger partial charge in [0.1, 0.15) is 6.54 Å². The van der Waals surface area contributed by atoms with Gasteiger partial charge in [-0.25, -0.2) is 23.1 Å². The molecule has 5 rings (SSSR count). The van der Waals surface area contributed by atoms with Crippen LogP contribution in [0.5, 0.6) is 0 Å². The Bertz CT molecular complexity index is 945. The van der Waals surface area contributed by atoms with E-state index in [2.05, 4.69) is 15.3 Å². The molecule has 1 aromatic heterocycles. The van der Waals surface area contributed by atoms with Crippen LogP contribution in [-0.2, 0) is 10.2 Å². The van der Waals surface area contributed by atoms with Gasteiger partial charge in [0.25, 0.3) is 5.91 Å². The molecule has 1 N–H and O–H groups in total. The van der Waals surface area contributed by atoms with E-state index in [1.807, 2.05) is 24.3 Å². The third-order valence-corrected chi connectivity index (χ3v) is 5.20. The minimum Gasteiger partial charge on any atom is -0.328 e. The van der Waals surface area contributed by atoms with Crippen LogP contribution in [-0.4, -0.2) is 45.7 Å². The molecule has 0 saturated heterocycles. The minimum absolute atomic E-state index is 0. The predicted molar refractivity (Wildman–Crippen MR) is 100 cm³/mol. The number of carbonyl (C=O) groups excluding carboxylic acids is 2. The second-order valence-corrected chi connectivity index (χ2v) is 7.62. The van der Waals surface area contributed by atoms with Crippen molar-refractivity contribution < 1.29 is 24.2 Å². The minimum atomic E-state index is -2.25. The third kappa shape index (κ3) is 4.38. The van der Waals surface area contributed by atoms with Crippen molar-refractivity contribution in [1.29, 1.82) is 0 Å². The number of nitrogens with zero attached hydrogens (tertiary/aromatic N) is 3. The maximum atomic E-state index is 12.8.